The first kappa shape index (κ1) is 14.6. The van der Waals surface area contributed by atoms with Gasteiger partial charge in [0, 0.05) is 37.8 Å². The third-order valence-electron chi connectivity index (χ3n) is 3.76. The second-order valence-electron chi connectivity index (χ2n) is 5.14. The van der Waals surface area contributed by atoms with Gasteiger partial charge in [0.15, 0.2) is 0 Å². The van der Waals surface area contributed by atoms with E-state index in [1.54, 1.807) is 0 Å². The Morgan fingerprint density at radius 1 is 1.20 bits per heavy atom. The maximum atomic E-state index is 12.2. The average Bonchev–Trinajstić information content (AvgIpc) is 2.89. The van der Waals surface area contributed by atoms with Crippen molar-refractivity contribution in [3.63, 3.8) is 0 Å². The summed E-state index contributed by atoms with van der Waals surface area (Å²) in [6.07, 6.45) is 4.87. The number of fused-ring (bicyclic) bond motifs is 1. The van der Waals surface area contributed by atoms with E-state index in [2.05, 4.69) is 42.8 Å². The molecule has 108 valence electrons. The van der Waals surface area contributed by atoms with E-state index in [9.17, 15) is 4.79 Å². The summed E-state index contributed by atoms with van der Waals surface area (Å²) in [5.74, 6) is 0.263. The molecule has 20 heavy (non-hydrogen) atoms. The highest BCUT2D eigenvalue weighted by Gasteiger charge is 2.11. The molecule has 2 aromatic rings. The molecule has 3 nitrogen and oxygen atoms in total. The zero-order valence-corrected chi connectivity index (χ0v) is 12.5. The van der Waals surface area contributed by atoms with Crippen LogP contribution in [0.25, 0.3) is 10.9 Å². The molecule has 1 heterocycles. The number of rotatable bonds is 7. The molecule has 0 aliphatic rings. The van der Waals surface area contributed by atoms with Gasteiger partial charge >= 0.3 is 0 Å². The fourth-order valence-corrected chi connectivity index (χ4v) is 2.52. The molecule has 0 bridgehead atoms. The minimum absolute atomic E-state index is 0.263. The van der Waals surface area contributed by atoms with Gasteiger partial charge in [0.2, 0.25) is 5.91 Å². The van der Waals surface area contributed by atoms with Crippen LogP contribution in [0.1, 0.15) is 33.1 Å². The van der Waals surface area contributed by atoms with Crippen molar-refractivity contribution in [2.75, 3.05) is 13.1 Å². The number of hydrogen-bond donors (Lipinski definition) is 0. The number of aromatic nitrogens is 1. The first-order valence-electron chi connectivity index (χ1n) is 7.58. The third kappa shape index (κ3) is 3.41. The number of aryl methyl sites for hydroxylation is 1. The molecule has 0 aliphatic heterocycles. The smallest absolute Gasteiger partial charge is 0.224 e. The predicted molar refractivity (Wildman–Crippen MR) is 83.7 cm³/mol. The number of hydrogen-bond acceptors (Lipinski definition) is 1. The van der Waals surface area contributed by atoms with E-state index >= 15 is 0 Å². The lowest BCUT2D eigenvalue weighted by Crippen LogP contribution is -2.32. The lowest BCUT2D eigenvalue weighted by Gasteiger charge is -2.20. The SMILES string of the molecule is CCCCN(CC)C(=O)CCn1ccc2ccccc21. The molecule has 0 atom stereocenters. The zero-order chi connectivity index (χ0) is 14.4. The van der Waals surface area contributed by atoms with Gasteiger partial charge in [-0.15, -0.1) is 0 Å². The van der Waals surface area contributed by atoms with Gasteiger partial charge in [-0.25, -0.2) is 0 Å². The van der Waals surface area contributed by atoms with Crippen molar-refractivity contribution in [2.45, 2.75) is 39.7 Å². The lowest BCUT2D eigenvalue weighted by molar-refractivity contribution is -0.131. The molecule has 0 saturated heterocycles. The van der Waals surface area contributed by atoms with Crippen LogP contribution in [0.15, 0.2) is 36.5 Å². The highest BCUT2D eigenvalue weighted by atomic mass is 16.2. The molecule has 0 saturated carbocycles. The molecule has 0 radical (unpaired) electrons. The van der Waals surface area contributed by atoms with E-state index < -0.39 is 0 Å². The summed E-state index contributed by atoms with van der Waals surface area (Å²) in [4.78, 5) is 14.2. The summed E-state index contributed by atoms with van der Waals surface area (Å²) in [6, 6.07) is 10.4. The Morgan fingerprint density at radius 3 is 2.75 bits per heavy atom. The van der Waals surface area contributed by atoms with Crippen LogP contribution in [-0.4, -0.2) is 28.5 Å². The highest BCUT2D eigenvalue weighted by Crippen LogP contribution is 2.15. The van der Waals surface area contributed by atoms with Crippen LogP contribution in [0.3, 0.4) is 0 Å². The lowest BCUT2D eigenvalue weighted by atomic mass is 10.2. The number of amides is 1. The zero-order valence-electron chi connectivity index (χ0n) is 12.5. The van der Waals surface area contributed by atoms with Crippen LogP contribution in [-0.2, 0) is 11.3 Å². The Labute approximate surface area is 121 Å². The predicted octanol–water partition coefficient (Wildman–Crippen LogP) is 3.68. The molecule has 0 fully saturated rings. The van der Waals surface area contributed by atoms with Crippen molar-refractivity contribution >= 4 is 16.8 Å². The molecule has 1 amide bonds. The van der Waals surface area contributed by atoms with Gasteiger partial charge in [-0.05, 0) is 30.9 Å². The van der Waals surface area contributed by atoms with Crippen molar-refractivity contribution < 1.29 is 4.79 Å². The van der Waals surface area contributed by atoms with Crippen LogP contribution in [0.5, 0.6) is 0 Å². The molecule has 0 unspecified atom stereocenters. The van der Waals surface area contributed by atoms with Crippen molar-refractivity contribution in [3.05, 3.63) is 36.5 Å². The number of benzene rings is 1. The summed E-state index contributed by atoms with van der Waals surface area (Å²) in [5, 5.41) is 1.23. The Hall–Kier alpha value is -1.77. The first-order valence-corrected chi connectivity index (χ1v) is 7.58. The van der Waals surface area contributed by atoms with E-state index in [4.69, 9.17) is 0 Å². The molecule has 1 aromatic carbocycles. The van der Waals surface area contributed by atoms with Crippen molar-refractivity contribution in [1.82, 2.24) is 9.47 Å². The molecule has 0 aliphatic carbocycles. The summed E-state index contributed by atoms with van der Waals surface area (Å²) >= 11 is 0. The largest absolute Gasteiger partial charge is 0.347 e. The summed E-state index contributed by atoms with van der Waals surface area (Å²) in [7, 11) is 0. The number of unbranched alkanes of at least 4 members (excludes halogenated alkanes) is 1. The van der Waals surface area contributed by atoms with Gasteiger partial charge in [-0.1, -0.05) is 31.5 Å². The second-order valence-corrected chi connectivity index (χ2v) is 5.14. The summed E-state index contributed by atoms with van der Waals surface area (Å²) < 4.78 is 2.17. The maximum absolute atomic E-state index is 12.2. The summed E-state index contributed by atoms with van der Waals surface area (Å²) in [6.45, 7) is 6.67. The van der Waals surface area contributed by atoms with E-state index in [1.165, 1.54) is 10.9 Å². The van der Waals surface area contributed by atoms with Gasteiger partial charge in [-0.2, -0.15) is 0 Å². The molecule has 1 aromatic heterocycles. The van der Waals surface area contributed by atoms with Crippen LogP contribution < -0.4 is 0 Å². The number of nitrogens with zero attached hydrogens (tertiary/aromatic N) is 2. The molecular formula is C17H24N2O. The van der Waals surface area contributed by atoms with E-state index in [-0.39, 0.29) is 5.91 Å². The van der Waals surface area contributed by atoms with Crippen LogP contribution >= 0.6 is 0 Å². The Morgan fingerprint density at radius 2 is 2.00 bits per heavy atom. The van der Waals surface area contributed by atoms with Crippen molar-refractivity contribution in [1.29, 1.82) is 0 Å². The third-order valence-corrected chi connectivity index (χ3v) is 3.76. The van der Waals surface area contributed by atoms with Crippen molar-refractivity contribution in [3.8, 4) is 0 Å². The number of carbonyl (C=O) groups excluding carboxylic acids is 1. The summed E-state index contributed by atoms with van der Waals surface area (Å²) in [5.41, 5.74) is 1.21. The number of para-hydroxylation sites is 1. The van der Waals surface area contributed by atoms with Gasteiger partial charge in [0.1, 0.15) is 0 Å². The molecule has 2 rings (SSSR count). The van der Waals surface area contributed by atoms with Gasteiger partial charge < -0.3 is 9.47 Å². The van der Waals surface area contributed by atoms with Gasteiger partial charge in [-0.3, -0.25) is 4.79 Å². The van der Waals surface area contributed by atoms with E-state index in [1.807, 2.05) is 17.0 Å². The molecular weight excluding hydrogens is 248 g/mol. The fourth-order valence-electron chi connectivity index (χ4n) is 2.52. The minimum atomic E-state index is 0.263. The quantitative estimate of drug-likeness (QED) is 0.754. The molecule has 0 N–H and O–H groups in total. The normalized spacial score (nSPS) is 10.9. The highest BCUT2D eigenvalue weighted by molar-refractivity contribution is 5.80. The topological polar surface area (TPSA) is 25.2 Å². The van der Waals surface area contributed by atoms with Crippen LogP contribution in [0, 0.1) is 0 Å². The Balaban J connectivity index is 1.95. The Bertz CT molecular complexity index is 559. The second kappa shape index (κ2) is 7.13. The Kier molecular flexibility index (Phi) is 5.22. The van der Waals surface area contributed by atoms with Crippen LogP contribution in [0.4, 0.5) is 0 Å². The van der Waals surface area contributed by atoms with Crippen molar-refractivity contribution in [2.24, 2.45) is 0 Å². The standard InChI is InChI=1S/C17H24N2O/c1-3-5-12-18(4-2)17(20)11-14-19-13-10-15-8-6-7-9-16(15)19/h6-10,13H,3-5,11-12,14H2,1-2H3. The van der Waals surface area contributed by atoms with Crippen LogP contribution in [0.2, 0.25) is 0 Å². The minimum Gasteiger partial charge on any atom is -0.347 e. The number of carbonyl (C=O) groups is 1. The fraction of sp³-hybridized carbons (Fsp3) is 0.471. The van der Waals surface area contributed by atoms with Gasteiger partial charge in [0.05, 0.1) is 0 Å². The maximum Gasteiger partial charge on any atom is 0.224 e. The van der Waals surface area contributed by atoms with Gasteiger partial charge in [0.25, 0.3) is 0 Å². The first-order chi connectivity index (χ1) is 9.76. The van der Waals surface area contributed by atoms with E-state index in [0.29, 0.717) is 6.42 Å². The average molecular weight is 272 g/mol. The monoisotopic (exact) mass is 272 g/mol. The molecule has 3 heteroatoms. The molecule has 0 spiro atoms. The van der Waals surface area contributed by atoms with E-state index in [0.717, 1.165) is 32.5 Å².